The third kappa shape index (κ3) is 5.09. The third-order valence-electron chi connectivity index (χ3n) is 5.31. The van der Waals surface area contributed by atoms with Gasteiger partial charge < -0.3 is 10.1 Å². The Morgan fingerprint density at radius 2 is 1.77 bits per heavy atom. The highest BCUT2D eigenvalue weighted by Gasteiger charge is 2.32. The summed E-state index contributed by atoms with van der Waals surface area (Å²) in [4.78, 5) is 12.8. The lowest BCUT2D eigenvalue weighted by Gasteiger charge is -2.31. The Morgan fingerprint density at radius 3 is 2.33 bits per heavy atom. The van der Waals surface area contributed by atoms with E-state index in [1.165, 1.54) is 29.6 Å². The summed E-state index contributed by atoms with van der Waals surface area (Å²) in [7, 11) is -2.21. The number of hydrogen-bond donors (Lipinski definition) is 1. The summed E-state index contributed by atoms with van der Waals surface area (Å²) in [6.07, 6.45) is 0.921. The van der Waals surface area contributed by atoms with Gasteiger partial charge in [-0.15, -0.1) is 0 Å². The van der Waals surface area contributed by atoms with Gasteiger partial charge in [0.1, 0.15) is 5.75 Å². The molecule has 3 rings (SSSR count). The van der Waals surface area contributed by atoms with Gasteiger partial charge in [-0.05, 0) is 55.7 Å². The molecule has 1 aliphatic rings. The number of hydrogen-bond acceptors (Lipinski definition) is 4. The molecule has 1 N–H and O–H groups in total. The first-order valence-electron chi connectivity index (χ1n) is 9.62. The fraction of sp³-hybridized carbons (Fsp3) is 0.381. The Labute approximate surface area is 187 Å². The number of nitrogens with one attached hydrogen (secondary N) is 1. The molecule has 2 aromatic carbocycles. The van der Waals surface area contributed by atoms with Crippen LogP contribution in [0.1, 0.15) is 31.4 Å². The van der Waals surface area contributed by atoms with Crippen LogP contribution in [-0.4, -0.2) is 38.8 Å². The second-order valence-corrected chi connectivity index (χ2v) is 10.0. The van der Waals surface area contributed by atoms with Gasteiger partial charge in [-0.2, -0.15) is 4.31 Å². The molecule has 1 unspecified atom stereocenters. The zero-order chi connectivity index (χ0) is 21.9. The highest BCUT2D eigenvalue weighted by Crippen LogP contribution is 2.30. The first-order valence-corrected chi connectivity index (χ1v) is 11.8. The topological polar surface area (TPSA) is 75.7 Å². The molecular weight excluding hydrogens is 447 g/mol. The fourth-order valence-electron chi connectivity index (χ4n) is 3.48. The lowest BCUT2D eigenvalue weighted by Crippen LogP contribution is -2.43. The van der Waals surface area contributed by atoms with E-state index in [0.29, 0.717) is 23.6 Å². The number of amides is 1. The molecule has 0 aliphatic carbocycles. The van der Waals surface area contributed by atoms with Gasteiger partial charge in [0, 0.05) is 24.0 Å². The van der Waals surface area contributed by atoms with E-state index in [2.05, 4.69) is 5.32 Å². The molecule has 0 bridgehead atoms. The summed E-state index contributed by atoms with van der Waals surface area (Å²) in [6.45, 7) is 2.47. The molecule has 1 heterocycles. The van der Waals surface area contributed by atoms with Crippen LogP contribution in [0.2, 0.25) is 10.0 Å². The molecule has 1 amide bonds. The standard InChI is InChI=1S/C21H24Cl2N2O4S/c1-14(15-3-5-17(22)6-4-15)24-21(26)16-9-11-25(12-10-16)30(27,28)18-7-8-20(29-2)19(23)13-18/h3-8,13-14,16H,9-12H2,1-2H3,(H,24,26). The highest BCUT2D eigenvalue weighted by atomic mass is 35.5. The monoisotopic (exact) mass is 470 g/mol. The van der Waals surface area contributed by atoms with Crippen molar-refractivity contribution in [1.29, 1.82) is 0 Å². The van der Waals surface area contributed by atoms with Crippen LogP contribution in [0.25, 0.3) is 0 Å². The van der Waals surface area contributed by atoms with E-state index in [4.69, 9.17) is 27.9 Å². The van der Waals surface area contributed by atoms with E-state index in [1.807, 2.05) is 19.1 Å². The minimum atomic E-state index is -3.68. The largest absolute Gasteiger partial charge is 0.495 e. The minimum absolute atomic E-state index is 0.0676. The van der Waals surface area contributed by atoms with Crippen molar-refractivity contribution in [3.05, 3.63) is 58.1 Å². The van der Waals surface area contributed by atoms with Gasteiger partial charge in [0.15, 0.2) is 0 Å². The van der Waals surface area contributed by atoms with Crippen molar-refractivity contribution in [2.75, 3.05) is 20.2 Å². The lowest BCUT2D eigenvalue weighted by atomic mass is 9.96. The van der Waals surface area contributed by atoms with Crippen LogP contribution in [0.3, 0.4) is 0 Å². The molecule has 0 spiro atoms. The highest BCUT2D eigenvalue weighted by molar-refractivity contribution is 7.89. The lowest BCUT2D eigenvalue weighted by molar-refractivity contribution is -0.126. The zero-order valence-corrected chi connectivity index (χ0v) is 19.1. The van der Waals surface area contributed by atoms with Crippen LogP contribution in [-0.2, 0) is 14.8 Å². The molecule has 1 fully saturated rings. The molecular formula is C21H24Cl2N2O4S. The Bertz CT molecular complexity index is 1000. The quantitative estimate of drug-likeness (QED) is 0.683. The van der Waals surface area contributed by atoms with Crippen molar-refractivity contribution in [3.8, 4) is 5.75 Å². The number of carbonyl (C=O) groups excluding carboxylic acids is 1. The van der Waals surface area contributed by atoms with Gasteiger partial charge in [0.25, 0.3) is 0 Å². The predicted molar refractivity (Wildman–Crippen MR) is 117 cm³/mol. The van der Waals surface area contributed by atoms with Crippen molar-refractivity contribution < 1.29 is 17.9 Å². The third-order valence-corrected chi connectivity index (χ3v) is 7.76. The van der Waals surface area contributed by atoms with Crippen LogP contribution >= 0.6 is 23.2 Å². The summed E-state index contributed by atoms with van der Waals surface area (Å²) >= 11 is 12.0. The second-order valence-electron chi connectivity index (χ2n) is 7.26. The predicted octanol–water partition coefficient (Wildman–Crippen LogP) is 4.28. The molecule has 6 nitrogen and oxygen atoms in total. The van der Waals surface area contributed by atoms with E-state index in [9.17, 15) is 13.2 Å². The van der Waals surface area contributed by atoms with E-state index >= 15 is 0 Å². The first-order chi connectivity index (χ1) is 14.2. The molecule has 30 heavy (non-hydrogen) atoms. The molecule has 2 aromatic rings. The maximum atomic E-state index is 12.9. The van der Waals surface area contributed by atoms with Gasteiger partial charge >= 0.3 is 0 Å². The molecule has 162 valence electrons. The number of halogens is 2. The molecule has 0 aromatic heterocycles. The Kier molecular flexibility index (Phi) is 7.29. The number of benzene rings is 2. The summed E-state index contributed by atoms with van der Waals surface area (Å²) in [5.41, 5.74) is 0.962. The summed E-state index contributed by atoms with van der Waals surface area (Å²) in [5.74, 6) is 0.119. The average molecular weight is 471 g/mol. The Morgan fingerprint density at radius 1 is 1.13 bits per heavy atom. The number of sulfonamides is 1. The SMILES string of the molecule is COc1ccc(S(=O)(=O)N2CCC(C(=O)NC(C)c3ccc(Cl)cc3)CC2)cc1Cl. The molecule has 0 saturated carbocycles. The van der Waals surface area contributed by atoms with Crippen molar-refractivity contribution >= 4 is 39.1 Å². The smallest absolute Gasteiger partial charge is 0.243 e. The maximum Gasteiger partial charge on any atom is 0.243 e. The van der Waals surface area contributed by atoms with Crippen molar-refractivity contribution in [1.82, 2.24) is 9.62 Å². The first kappa shape index (κ1) is 22.9. The van der Waals surface area contributed by atoms with Gasteiger partial charge in [-0.25, -0.2) is 8.42 Å². The fourth-order valence-corrected chi connectivity index (χ4v) is 5.43. The molecule has 1 atom stereocenters. The molecule has 1 aliphatic heterocycles. The maximum absolute atomic E-state index is 12.9. The molecule has 1 saturated heterocycles. The zero-order valence-electron chi connectivity index (χ0n) is 16.8. The number of carbonyl (C=O) groups is 1. The number of piperidine rings is 1. The van der Waals surface area contributed by atoms with Crippen LogP contribution in [0.5, 0.6) is 5.75 Å². The van der Waals surface area contributed by atoms with Gasteiger partial charge in [-0.3, -0.25) is 4.79 Å². The van der Waals surface area contributed by atoms with Gasteiger partial charge in [0.05, 0.1) is 23.1 Å². The van der Waals surface area contributed by atoms with Crippen LogP contribution in [0.4, 0.5) is 0 Å². The summed E-state index contributed by atoms with van der Waals surface area (Å²) < 4.78 is 32.3. The van der Waals surface area contributed by atoms with E-state index < -0.39 is 10.0 Å². The molecule has 9 heteroatoms. The number of nitrogens with zero attached hydrogens (tertiary/aromatic N) is 1. The molecule has 0 radical (unpaired) electrons. The van der Waals surface area contributed by atoms with Crippen LogP contribution in [0, 0.1) is 5.92 Å². The number of ether oxygens (including phenoxy) is 1. The van der Waals surface area contributed by atoms with Crippen molar-refractivity contribution in [2.24, 2.45) is 5.92 Å². The van der Waals surface area contributed by atoms with E-state index in [-0.39, 0.29) is 40.9 Å². The van der Waals surface area contributed by atoms with Gasteiger partial charge in [0.2, 0.25) is 15.9 Å². The average Bonchev–Trinajstić information content (AvgIpc) is 2.74. The Hall–Kier alpha value is -1.80. The van der Waals surface area contributed by atoms with Crippen LogP contribution in [0.15, 0.2) is 47.4 Å². The number of rotatable bonds is 6. The number of methoxy groups -OCH3 is 1. The summed E-state index contributed by atoms with van der Waals surface area (Å²) in [6, 6.07) is 11.6. The summed E-state index contributed by atoms with van der Waals surface area (Å²) in [5, 5.41) is 3.89. The minimum Gasteiger partial charge on any atom is -0.495 e. The van der Waals surface area contributed by atoms with E-state index in [1.54, 1.807) is 12.1 Å². The normalized spacial score (nSPS) is 16.8. The second kappa shape index (κ2) is 9.56. The van der Waals surface area contributed by atoms with Gasteiger partial charge in [-0.1, -0.05) is 35.3 Å². The Balaban J connectivity index is 1.60. The van der Waals surface area contributed by atoms with Crippen molar-refractivity contribution in [3.63, 3.8) is 0 Å². The van der Waals surface area contributed by atoms with E-state index in [0.717, 1.165) is 5.56 Å². The van der Waals surface area contributed by atoms with Crippen LogP contribution < -0.4 is 10.1 Å². The van der Waals surface area contributed by atoms with Crippen molar-refractivity contribution in [2.45, 2.75) is 30.7 Å².